The van der Waals surface area contributed by atoms with Crippen molar-refractivity contribution in [2.24, 2.45) is 0 Å². The molecule has 1 N–H and O–H groups in total. The van der Waals surface area contributed by atoms with Crippen molar-refractivity contribution in [3.63, 3.8) is 0 Å². The maximum atomic E-state index is 13.9. The molecule has 2 atom stereocenters. The Kier molecular flexibility index (Phi) is 8.15. The molecule has 0 radical (unpaired) electrons. The van der Waals surface area contributed by atoms with Crippen LogP contribution in [0.25, 0.3) is 0 Å². The van der Waals surface area contributed by atoms with E-state index >= 15 is 0 Å². The summed E-state index contributed by atoms with van der Waals surface area (Å²) in [4.78, 5) is 55.4. The summed E-state index contributed by atoms with van der Waals surface area (Å²) < 4.78 is 5.09. The lowest BCUT2D eigenvalue weighted by Gasteiger charge is -2.32. The van der Waals surface area contributed by atoms with Crippen LogP contribution in [-0.2, 0) is 35.9 Å². The predicted molar refractivity (Wildman–Crippen MR) is 134 cm³/mol. The van der Waals surface area contributed by atoms with Crippen molar-refractivity contribution in [2.75, 3.05) is 26.8 Å². The molecule has 2 fully saturated rings. The minimum absolute atomic E-state index is 0.0175. The first-order valence-electron chi connectivity index (χ1n) is 12.4. The largest absolute Gasteiger partial charge is 0.385 e. The number of benzene rings is 2. The molecule has 0 bridgehead atoms. The van der Waals surface area contributed by atoms with Crippen LogP contribution >= 0.6 is 0 Å². The zero-order chi connectivity index (χ0) is 25.5. The number of methoxy groups -OCH3 is 1. The highest BCUT2D eigenvalue weighted by atomic mass is 16.5. The summed E-state index contributed by atoms with van der Waals surface area (Å²) in [5.74, 6) is -0.845. The summed E-state index contributed by atoms with van der Waals surface area (Å²) in [6, 6.07) is 18.6. The van der Waals surface area contributed by atoms with Gasteiger partial charge in [0.05, 0.1) is 5.41 Å². The number of nitrogens with one attached hydrogen (secondary N) is 1. The van der Waals surface area contributed by atoms with Crippen molar-refractivity contribution < 1.29 is 23.9 Å². The second kappa shape index (κ2) is 11.5. The zero-order valence-corrected chi connectivity index (χ0v) is 20.7. The Hall–Kier alpha value is -3.52. The van der Waals surface area contributed by atoms with E-state index < -0.39 is 5.41 Å². The Labute approximate surface area is 211 Å². The van der Waals surface area contributed by atoms with E-state index in [1.165, 1.54) is 4.90 Å². The zero-order valence-electron chi connectivity index (χ0n) is 20.7. The summed E-state index contributed by atoms with van der Waals surface area (Å²) in [6.45, 7) is 1.41. The number of rotatable bonds is 11. The fraction of sp³-hybridized carbons (Fsp3) is 0.429. The minimum Gasteiger partial charge on any atom is -0.385 e. The average Bonchev–Trinajstić information content (AvgIpc) is 3.40. The third kappa shape index (κ3) is 5.65. The summed E-state index contributed by atoms with van der Waals surface area (Å²) in [5.41, 5.74) is 0.370. The fourth-order valence-corrected chi connectivity index (χ4v) is 5.13. The molecular weight excluding hydrogens is 458 g/mol. The summed E-state index contributed by atoms with van der Waals surface area (Å²) in [6.07, 6.45) is 1.47. The van der Waals surface area contributed by atoms with Crippen LogP contribution in [0.1, 0.15) is 43.2 Å². The van der Waals surface area contributed by atoms with E-state index in [1.807, 2.05) is 60.7 Å². The van der Waals surface area contributed by atoms with E-state index in [4.69, 9.17) is 4.74 Å². The highest BCUT2D eigenvalue weighted by Crippen LogP contribution is 2.40. The van der Waals surface area contributed by atoms with Gasteiger partial charge in [0.2, 0.25) is 23.6 Å². The van der Waals surface area contributed by atoms with E-state index in [0.717, 1.165) is 5.56 Å². The molecule has 8 nitrogen and oxygen atoms in total. The second-order valence-electron chi connectivity index (χ2n) is 9.56. The summed E-state index contributed by atoms with van der Waals surface area (Å²) >= 11 is 0. The molecule has 2 aromatic carbocycles. The minimum atomic E-state index is -1.25. The fourth-order valence-electron chi connectivity index (χ4n) is 5.13. The number of hydrogen-bond donors (Lipinski definition) is 1. The van der Waals surface area contributed by atoms with Gasteiger partial charge in [0.25, 0.3) is 0 Å². The van der Waals surface area contributed by atoms with Crippen molar-refractivity contribution >= 4 is 23.6 Å². The molecular formula is C28H33N3O5. The molecule has 190 valence electrons. The SMILES string of the molecule is COCCCN1C(=O)C[C@@](CC(=O)N(Cc2ccccc2)C[C@@H]2CCC(=O)N2)(c2ccccc2)C1=O. The number of ether oxygens (including phenoxy) is 1. The molecule has 0 aromatic heterocycles. The van der Waals surface area contributed by atoms with Crippen LogP contribution in [0.15, 0.2) is 60.7 Å². The van der Waals surface area contributed by atoms with Crippen molar-refractivity contribution in [1.82, 2.24) is 15.1 Å². The molecule has 2 aliphatic rings. The first-order chi connectivity index (χ1) is 17.4. The van der Waals surface area contributed by atoms with Gasteiger partial charge in [-0.15, -0.1) is 0 Å². The van der Waals surface area contributed by atoms with Gasteiger partial charge in [0, 0.05) is 58.7 Å². The molecule has 4 rings (SSSR count). The molecule has 0 aliphatic carbocycles. The number of likely N-dealkylation sites (tertiary alicyclic amines) is 1. The highest BCUT2D eigenvalue weighted by Gasteiger charge is 2.54. The maximum Gasteiger partial charge on any atom is 0.240 e. The van der Waals surface area contributed by atoms with Crippen LogP contribution in [0.5, 0.6) is 0 Å². The number of hydrogen-bond acceptors (Lipinski definition) is 5. The van der Waals surface area contributed by atoms with Gasteiger partial charge in [-0.1, -0.05) is 60.7 Å². The summed E-state index contributed by atoms with van der Waals surface area (Å²) in [7, 11) is 1.58. The van der Waals surface area contributed by atoms with E-state index in [0.29, 0.717) is 44.5 Å². The monoisotopic (exact) mass is 491 g/mol. The molecule has 36 heavy (non-hydrogen) atoms. The number of amides is 4. The van der Waals surface area contributed by atoms with E-state index in [2.05, 4.69) is 5.32 Å². The molecule has 2 saturated heterocycles. The number of imide groups is 1. The maximum absolute atomic E-state index is 13.9. The second-order valence-corrected chi connectivity index (χ2v) is 9.56. The van der Waals surface area contributed by atoms with Crippen LogP contribution in [0, 0.1) is 0 Å². The molecule has 4 amide bonds. The Morgan fingerprint density at radius 2 is 1.78 bits per heavy atom. The standard InChI is InChI=1S/C28H33N3O5/c1-36-16-8-15-31-26(34)18-28(27(31)35,22-11-6-3-7-12-22)17-25(33)30(19-21-9-4-2-5-10-21)20-23-13-14-24(32)29-23/h2-7,9-12,23H,8,13-20H2,1H3,(H,29,32)/t23-,28-/m0/s1. The van der Waals surface area contributed by atoms with Crippen LogP contribution in [0.3, 0.4) is 0 Å². The van der Waals surface area contributed by atoms with Crippen LogP contribution < -0.4 is 5.32 Å². The van der Waals surface area contributed by atoms with Gasteiger partial charge in [-0.25, -0.2) is 0 Å². The van der Waals surface area contributed by atoms with E-state index in [-0.39, 0.29) is 49.1 Å². The normalized spacial score (nSPS) is 21.6. The van der Waals surface area contributed by atoms with Gasteiger partial charge in [0.15, 0.2) is 0 Å². The first-order valence-corrected chi connectivity index (χ1v) is 12.4. The smallest absolute Gasteiger partial charge is 0.240 e. The van der Waals surface area contributed by atoms with Crippen molar-refractivity contribution in [3.05, 3.63) is 71.8 Å². The Morgan fingerprint density at radius 1 is 1.08 bits per heavy atom. The topological polar surface area (TPSA) is 96.0 Å². The predicted octanol–water partition coefficient (Wildman–Crippen LogP) is 2.42. The first kappa shape index (κ1) is 25.6. The molecule has 0 saturated carbocycles. The number of carbonyl (C=O) groups excluding carboxylic acids is 4. The Balaban J connectivity index is 1.61. The lowest BCUT2D eigenvalue weighted by Crippen LogP contribution is -2.46. The molecule has 0 spiro atoms. The highest BCUT2D eigenvalue weighted by molar-refractivity contribution is 6.10. The Bertz CT molecular complexity index is 1090. The number of nitrogens with zero attached hydrogens (tertiary/aromatic N) is 2. The van der Waals surface area contributed by atoms with Gasteiger partial charge in [-0.2, -0.15) is 0 Å². The van der Waals surface area contributed by atoms with Gasteiger partial charge < -0.3 is 15.0 Å². The van der Waals surface area contributed by atoms with Gasteiger partial charge >= 0.3 is 0 Å². The van der Waals surface area contributed by atoms with Crippen molar-refractivity contribution in [3.8, 4) is 0 Å². The van der Waals surface area contributed by atoms with Crippen molar-refractivity contribution in [1.29, 1.82) is 0 Å². The van der Waals surface area contributed by atoms with Crippen LogP contribution in [-0.4, -0.2) is 66.3 Å². The van der Waals surface area contributed by atoms with Gasteiger partial charge in [-0.3, -0.25) is 24.1 Å². The molecule has 2 aliphatic heterocycles. The third-order valence-corrected chi connectivity index (χ3v) is 7.01. The molecule has 0 unspecified atom stereocenters. The lowest BCUT2D eigenvalue weighted by molar-refractivity contribution is -0.143. The number of carbonyl (C=O) groups is 4. The molecule has 2 heterocycles. The molecule has 8 heteroatoms. The Morgan fingerprint density at radius 3 is 2.42 bits per heavy atom. The van der Waals surface area contributed by atoms with Crippen LogP contribution in [0.4, 0.5) is 0 Å². The van der Waals surface area contributed by atoms with Crippen LogP contribution in [0.2, 0.25) is 0 Å². The van der Waals surface area contributed by atoms with E-state index in [1.54, 1.807) is 12.0 Å². The average molecular weight is 492 g/mol. The lowest BCUT2D eigenvalue weighted by atomic mass is 9.75. The molecule has 2 aromatic rings. The van der Waals surface area contributed by atoms with Crippen molar-refractivity contribution in [2.45, 2.75) is 50.1 Å². The third-order valence-electron chi connectivity index (χ3n) is 7.01. The van der Waals surface area contributed by atoms with Gasteiger partial charge in [0.1, 0.15) is 0 Å². The van der Waals surface area contributed by atoms with Gasteiger partial charge in [-0.05, 0) is 24.0 Å². The quantitative estimate of drug-likeness (QED) is 0.385. The summed E-state index contributed by atoms with van der Waals surface area (Å²) in [5, 5.41) is 2.94. The van der Waals surface area contributed by atoms with E-state index in [9.17, 15) is 19.2 Å².